The van der Waals surface area contributed by atoms with E-state index < -0.39 is 17.6 Å². The largest absolute Gasteiger partial charge is 0.481 e. The lowest BCUT2D eigenvalue weighted by atomic mass is 9.89. The van der Waals surface area contributed by atoms with Crippen LogP contribution in [0.4, 0.5) is 0 Å². The topological polar surface area (TPSA) is 92.4 Å². The van der Waals surface area contributed by atoms with Gasteiger partial charge in [-0.3, -0.25) is 4.79 Å². The monoisotopic (exact) mass is 296 g/mol. The molecule has 1 fully saturated rings. The molecule has 0 saturated heterocycles. The number of nitrogens with one attached hydrogen (secondary N) is 1. The highest BCUT2D eigenvalue weighted by atomic mass is 16.4. The van der Waals surface area contributed by atoms with E-state index in [1.807, 2.05) is 13.0 Å². The molecule has 1 aliphatic rings. The second-order valence-corrected chi connectivity index (χ2v) is 6.70. The normalized spacial score (nSPS) is 30.2. The molecule has 4 N–H and O–H groups in total. The van der Waals surface area contributed by atoms with E-state index in [1.165, 1.54) is 12.8 Å². The van der Waals surface area contributed by atoms with Crippen molar-refractivity contribution >= 4 is 12.3 Å². The molecule has 0 aliphatic heterocycles. The summed E-state index contributed by atoms with van der Waals surface area (Å²) in [7, 11) is 0. The summed E-state index contributed by atoms with van der Waals surface area (Å²) in [5.41, 5.74) is 5.61. The molecule has 5 heteroatoms. The van der Waals surface area contributed by atoms with Gasteiger partial charge >= 0.3 is 5.97 Å². The lowest BCUT2D eigenvalue weighted by Gasteiger charge is -2.24. The molecule has 120 valence electrons. The lowest BCUT2D eigenvalue weighted by Crippen LogP contribution is -2.48. The number of hydrogen-bond acceptors (Lipinski definition) is 4. The maximum atomic E-state index is 10.8. The fraction of sp³-hybridized carbons (Fsp3) is 0.750. The van der Waals surface area contributed by atoms with Crippen LogP contribution < -0.4 is 11.1 Å². The Balaban J connectivity index is 2.52. The van der Waals surface area contributed by atoms with Gasteiger partial charge in [0.25, 0.3) is 0 Å². The predicted molar refractivity (Wildman–Crippen MR) is 82.9 cm³/mol. The van der Waals surface area contributed by atoms with E-state index in [1.54, 1.807) is 0 Å². The van der Waals surface area contributed by atoms with Crippen LogP contribution >= 0.6 is 0 Å². The summed E-state index contributed by atoms with van der Waals surface area (Å²) >= 11 is 0. The van der Waals surface area contributed by atoms with E-state index in [-0.39, 0.29) is 6.42 Å². The number of carboxylic acids is 1. The Morgan fingerprint density at radius 2 is 2.00 bits per heavy atom. The van der Waals surface area contributed by atoms with Crippen LogP contribution in [0, 0.1) is 17.8 Å². The number of rotatable bonds is 8. The molecule has 0 aromatic rings. The summed E-state index contributed by atoms with van der Waals surface area (Å²) in [6.07, 6.45) is 7.08. The first-order valence-electron chi connectivity index (χ1n) is 7.64. The Morgan fingerprint density at radius 1 is 1.43 bits per heavy atom. The first-order valence-corrected chi connectivity index (χ1v) is 7.64. The molecular weight excluding hydrogens is 268 g/mol. The zero-order valence-electron chi connectivity index (χ0n) is 13.2. The van der Waals surface area contributed by atoms with Gasteiger partial charge in [0.15, 0.2) is 0 Å². The zero-order valence-corrected chi connectivity index (χ0v) is 13.2. The third-order valence-corrected chi connectivity index (χ3v) is 4.39. The maximum absolute atomic E-state index is 10.8. The highest BCUT2D eigenvalue weighted by Crippen LogP contribution is 2.37. The molecule has 3 unspecified atom stereocenters. The SMILES string of the molecule is CC1CCC(C)C1C=CC(C)(N)CN[C@@H](C=O)CC(=O)O. The summed E-state index contributed by atoms with van der Waals surface area (Å²) in [4.78, 5) is 21.4. The van der Waals surface area contributed by atoms with Crippen LogP contribution in [0.5, 0.6) is 0 Å². The van der Waals surface area contributed by atoms with Gasteiger partial charge in [-0.05, 0) is 37.5 Å². The molecule has 21 heavy (non-hydrogen) atoms. The van der Waals surface area contributed by atoms with Gasteiger partial charge in [0.05, 0.1) is 12.5 Å². The van der Waals surface area contributed by atoms with Crippen molar-refractivity contribution < 1.29 is 14.7 Å². The molecule has 0 radical (unpaired) electrons. The quantitative estimate of drug-likeness (QED) is 0.467. The fourth-order valence-corrected chi connectivity index (χ4v) is 2.95. The van der Waals surface area contributed by atoms with Crippen molar-refractivity contribution in [2.45, 2.75) is 51.6 Å². The molecule has 1 saturated carbocycles. The van der Waals surface area contributed by atoms with Crippen molar-refractivity contribution in [1.82, 2.24) is 5.32 Å². The first-order chi connectivity index (χ1) is 9.75. The lowest BCUT2D eigenvalue weighted by molar-refractivity contribution is -0.138. The van der Waals surface area contributed by atoms with E-state index in [4.69, 9.17) is 10.8 Å². The van der Waals surface area contributed by atoms with Crippen LogP contribution in [0.25, 0.3) is 0 Å². The van der Waals surface area contributed by atoms with Crippen LogP contribution in [0.15, 0.2) is 12.2 Å². The molecule has 4 atom stereocenters. The third-order valence-electron chi connectivity index (χ3n) is 4.39. The number of carboxylic acid groups (broad SMARTS) is 1. The number of hydrogen-bond donors (Lipinski definition) is 3. The van der Waals surface area contributed by atoms with E-state index in [0.717, 1.165) is 0 Å². The summed E-state index contributed by atoms with van der Waals surface area (Å²) in [5.74, 6) is 0.903. The minimum absolute atomic E-state index is 0.222. The van der Waals surface area contributed by atoms with Gasteiger partial charge in [-0.25, -0.2) is 0 Å². The van der Waals surface area contributed by atoms with Crippen molar-refractivity contribution in [3.05, 3.63) is 12.2 Å². The highest BCUT2D eigenvalue weighted by molar-refractivity contribution is 5.73. The van der Waals surface area contributed by atoms with Gasteiger partial charge in [0, 0.05) is 12.1 Å². The van der Waals surface area contributed by atoms with E-state index in [9.17, 15) is 9.59 Å². The van der Waals surface area contributed by atoms with Crippen LogP contribution in [-0.2, 0) is 9.59 Å². The number of carbonyl (C=O) groups excluding carboxylic acids is 1. The molecule has 1 aliphatic carbocycles. The minimum atomic E-state index is -0.998. The Bertz CT molecular complexity index is 383. The number of aldehydes is 1. The van der Waals surface area contributed by atoms with Crippen molar-refractivity contribution in [2.75, 3.05) is 6.54 Å². The van der Waals surface area contributed by atoms with Crippen molar-refractivity contribution in [1.29, 1.82) is 0 Å². The molecule has 0 aromatic heterocycles. The summed E-state index contributed by atoms with van der Waals surface area (Å²) < 4.78 is 0. The zero-order chi connectivity index (χ0) is 16.0. The molecule has 0 heterocycles. The summed E-state index contributed by atoms with van der Waals surface area (Å²) in [6.45, 7) is 6.78. The number of aliphatic carboxylic acids is 1. The van der Waals surface area contributed by atoms with Gasteiger partial charge in [-0.15, -0.1) is 0 Å². The smallest absolute Gasteiger partial charge is 0.305 e. The van der Waals surface area contributed by atoms with Crippen molar-refractivity contribution in [2.24, 2.45) is 23.5 Å². The molecule has 5 nitrogen and oxygen atoms in total. The molecule has 0 amide bonds. The molecule has 0 bridgehead atoms. The fourth-order valence-electron chi connectivity index (χ4n) is 2.95. The number of allylic oxidation sites excluding steroid dienone is 1. The van der Waals surface area contributed by atoms with Crippen molar-refractivity contribution in [3.63, 3.8) is 0 Å². The first kappa shape index (κ1) is 17.9. The van der Waals surface area contributed by atoms with Crippen LogP contribution in [-0.4, -0.2) is 35.5 Å². The Morgan fingerprint density at radius 3 is 2.48 bits per heavy atom. The predicted octanol–water partition coefficient (Wildman–Crippen LogP) is 1.57. The van der Waals surface area contributed by atoms with Crippen LogP contribution in [0.1, 0.15) is 40.0 Å². The molecular formula is C16H28N2O3. The Labute approximate surface area is 127 Å². The van der Waals surface area contributed by atoms with Crippen LogP contribution in [0.2, 0.25) is 0 Å². The average Bonchev–Trinajstić information content (AvgIpc) is 2.71. The summed E-state index contributed by atoms with van der Waals surface area (Å²) in [6, 6.07) is -0.692. The molecule has 0 aromatic carbocycles. The van der Waals surface area contributed by atoms with Gasteiger partial charge in [-0.2, -0.15) is 0 Å². The Kier molecular flexibility index (Phi) is 6.55. The van der Waals surface area contributed by atoms with Crippen LogP contribution in [0.3, 0.4) is 0 Å². The second kappa shape index (κ2) is 7.71. The maximum Gasteiger partial charge on any atom is 0.305 e. The molecule has 0 spiro atoms. The van der Waals surface area contributed by atoms with E-state index in [2.05, 4.69) is 25.2 Å². The minimum Gasteiger partial charge on any atom is -0.481 e. The van der Waals surface area contributed by atoms with E-state index in [0.29, 0.717) is 30.6 Å². The second-order valence-electron chi connectivity index (χ2n) is 6.70. The number of nitrogens with two attached hydrogens (primary N) is 1. The number of carbonyl (C=O) groups is 2. The molecule has 1 rings (SSSR count). The summed E-state index contributed by atoms with van der Waals surface area (Å²) in [5, 5.41) is 11.6. The van der Waals surface area contributed by atoms with E-state index >= 15 is 0 Å². The van der Waals surface area contributed by atoms with Crippen molar-refractivity contribution in [3.8, 4) is 0 Å². The average molecular weight is 296 g/mol. The van der Waals surface area contributed by atoms with Gasteiger partial charge in [0.1, 0.15) is 6.29 Å². The standard InChI is InChI=1S/C16H28N2O3/c1-11-4-5-12(2)14(11)6-7-16(3,17)10-18-13(9-19)8-15(20)21/h6-7,9,11-14,18H,4-5,8,10,17H2,1-3H3,(H,20,21)/t11?,12?,13-,14?,16?/m1/s1. The van der Waals surface area contributed by atoms with Gasteiger partial charge in [-0.1, -0.05) is 26.0 Å². The van der Waals surface area contributed by atoms with Gasteiger partial charge < -0.3 is 21.0 Å². The highest BCUT2D eigenvalue weighted by Gasteiger charge is 2.28. The Hall–Kier alpha value is -1.20. The van der Waals surface area contributed by atoms with Gasteiger partial charge in [0.2, 0.25) is 0 Å². The third kappa shape index (κ3) is 5.98.